The van der Waals surface area contributed by atoms with Crippen LogP contribution in [-0.2, 0) is 37.9 Å². The fourth-order valence-electron chi connectivity index (χ4n) is 3.48. The Kier molecular flexibility index (Phi) is 4.69. The number of rotatable bonds is 12. The van der Waals surface area contributed by atoms with Gasteiger partial charge in [0, 0.05) is 0 Å². The smallest absolute Gasteiger partial charge is 0.327 e. The molecule has 6 rings (SSSR count). The van der Waals surface area contributed by atoms with Crippen molar-refractivity contribution in [2.24, 2.45) is 0 Å². The lowest BCUT2D eigenvalue weighted by Gasteiger charge is -2.29. The predicted molar refractivity (Wildman–Crippen MR) is 88.5 cm³/mol. The van der Waals surface area contributed by atoms with Gasteiger partial charge < -0.3 is 37.9 Å². The number of carbonyl (C=O) groups is 2. The van der Waals surface area contributed by atoms with Gasteiger partial charge in [0.1, 0.15) is 53.4 Å². The van der Waals surface area contributed by atoms with E-state index in [-0.39, 0.29) is 64.1 Å². The Hall–Kier alpha value is -1.78. The highest BCUT2D eigenvalue weighted by atomic mass is 16.8. The summed E-state index contributed by atoms with van der Waals surface area (Å²) >= 11 is 0. The van der Waals surface area contributed by atoms with Gasteiger partial charge in [-0.3, -0.25) is 19.6 Å². The molecular formula is C16H22N4O10. The van der Waals surface area contributed by atoms with Gasteiger partial charge in [-0.15, -0.1) is 0 Å². The van der Waals surface area contributed by atoms with Crippen LogP contribution in [-0.4, -0.2) is 123 Å². The van der Waals surface area contributed by atoms with E-state index in [1.807, 2.05) is 0 Å². The molecular weight excluding hydrogens is 408 g/mol. The van der Waals surface area contributed by atoms with Crippen molar-refractivity contribution in [3.8, 4) is 0 Å². The molecule has 6 saturated heterocycles. The van der Waals surface area contributed by atoms with Crippen LogP contribution in [0.25, 0.3) is 0 Å². The molecule has 0 aliphatic carbocycles. The first-order chi connectivity index (χ1) is 14.7. The third-order valence-electron chi connectivity index (χ3n) is 5.34. The first-order valence-corrected chi connectivity index (χ1v) is 9.76. The SMILES string of the molecule is O=C1N(COC2CO2)C2C(N1COC1CO1)N(COC1CO1)C(=O)N2COC1CO1. The molecule has 0 aromatic carbocycles. The Labute approximate surface area is 170 Å². The second-order valence-corrected chi connectivity index (χ2v) is 7.51. The molecule has 14 heteroatoms. The van der Waals surface area contributed by atoms with Crippen molar-refractivity contribution >= 4 is 12.1 Å². The van der Waals surface area contributed by atoms with Gasteiger partial charge in [-0.1, -0.05) is 0 Å². The third kappa shape index (κ3) is 3.80. The highest BCUT2D eigenvalue weighted by Crippen LogP contribution is 2.36. The second-order valence-electron chi connectivity index (χ2n) is 7.51. The Morgan fingerprint density at radius 2 is 0.800 bits per heavy atom. The van der Waals surface area contributed by atoms with Crippen molar-refractivity contribution < 1.29 is 47.5 Å². The lowest BCUT2D eigenvalue weighted by atomic mass is 10.3. The quantitative estimate of drug-likeness (QED) is 0.334. The minimum Gasteiger partial charge on any atom is -0.345 e. The van der Waals surface area contributed by atoms with Gasteiger partial charge in [-0.2, -0.15) is 0 Å². The van der Waals surface area contributed by atoms with Gasteiger partial charge in [0.2, 0.25) is 0 Å². The molecule has 0 aromatic rings. The van der Waals surface area contributed by atoms with Crippen LogP contribution in [0.4, 0.5) is 9.59 Å². The van der Waals surface area contributed by atoms with Crippen molar-refractivity contribution in [2.75, 3.05) is 53.4 Å². The average molecular weight is 430 g/mol. The summed E-state index contributed by atoms with van der Waals surface area (Å²) in [4.78, 5) is 32.3. The third-order valence-corrected chi connectivity index (χ3v) is 5.34. The van der Waals surface area contributed by atoms with Crippen LogP contribution in [0.3, 0.4) is 0 Å². The monoisotopic (exact) mass is 430 g/mol. The highest BCUT2D eigenvalue weighted by Gasteiger charge is 2.60. The van der Waals surface area contributed by atoms with Gasteiger partial charge in [0.25, 0.3) is 0 Å². The molecule has 6 heterocycles. The van der Waals surface area contributed by atoms with Crippen molar-refractivity contribution in [3.05, 3.63) is 0 Å². The molecule has 30 heavy (non-hydrogen) atoms. The van der Waals surface area contributed by atoms with E-state index < -0.39 is 12.3 Å². The summed E-state index contributed by atoms with van der Waals surface area (Å²) in [5.41, 5.74) is 0. The van der Waals surface area contributed by atoms with E-state index in [2.05, 4.69) is 0 Å². The molecule has 4 atom stereocenters. The van der Waals surface area contributed by atoms with Gasteiger partial charge in [-0.25, -0.2) is 9.59 Å². The summed E-state index contributed by atoms with van der Waals surface area (Å²) in [6.07, 6.45) is -2.67. The van der Waals surface area contributed by atoms with Gasteiger partial charge in [0.15, 0.2) is 37.5 Å². The van der Waals surface area contributed by atoms with Gasteiger partial charge in [-0.05, 0) is 0 Å². The Bertz CT molecular complexity index is 588. The molecule has 0 radical (unpaired) electrons. The first kappa shape index (κ1) is 18.9. The Balaban J connectivity index is 1.24. The summed E-state index contributed by atoms with van der Waals surface area (Å²) in [6, 6.07) is -0.668. The molecule has 6 aliphatic heterocycles. The number of fused-ring (bicyclic) bond motifs is 1. The van der Waals surface area contributed by atoms with Crippen LogP contribution in [0.1, 0.15) is 0 Å². The number of carbonyl (C=O) groups excluding carboxylic acids is 2. The maximum Gasteiger partial charge on any atom is 0.327 e. The average Bonchev–Trinajstić information content (AvgIpc) is 3.59. The summed E-state index contributed by atoms with van der Waals surface area (Å²) in [7, 11) is 0. The normalized spacial score (nSPS) is 38.5. The summed E-state index contributed by atoms with van der Waals surface area (Å²) in [5.74, 6) is 0. The fraction of sp³-hybridized carbons (Fsp3) is 0.875. The minimum absolute atomic E-state index is 0.0365. The van der Waals surface area contributed by atoms with Crippen molar-refractivity contribution in [3.63, 3.8) is 0 Å². The van der Waals surface area contributed by atoms with E-state index in [1.54, 1.807) is 0 Å². The number of hydrogen-bond donors (Lipinski definition) is 0. The maximum atomic E-state index is 13.2. The van der Waals surface area contributed by atoms with Crippen molar-refractivity contribution in [2.45, 2.75) is 37.5 Å². The van der Waals surface area contributed by atoms with E-state index in [1.165, 1.54) is 19.6 Å². The van der Waals surface area contributed by atoms with Gasteiger partial charge in [0.05, 0.1) is 0 Å². The number of nitrogens with zero attached hydrogens (tertiary/aromatic N) is 4. The Morgan fingerprint density at radius 3 is 1.00 bits per heavy atom. The molecule has 0 saturated carbocycles. The lowest BCUT2D eigenvalue weighted by Crippen LogP contribution is -2.48. The molecule has 0 spiro atoms. The van der Waals surface area contributed by atoms with Gasteiger partial charge >= 0.3 is 12.1 Å². The largest absolute Gasteiger partial charge is 0.345 e. The van der Waals surface area contributed by atoms with Crippen LogP contribution in [0.5, 0.6) is 0 Å². The Morgan fingerprint density at radius 1 is 0.567 bits per heavy atom. The topological polar surface area (TPSA) is 134 Å². The molecule has 6 aliphatic rings. The second kappa shape index (κ2) is 7.42. The minimum atomic E-state index is -0.657. The van der Waals surface area contributed by atoms with Crippen LogP contribution in [0.2, 0.25) is 0 Å². The highest BCUT2D eigenvalue weighted by molar-refractivity contribution is 5.85. The first-order valence-electron chi connectivity index (χ1n) is 9.76. The van der Waals surface area contributed by atoms with Crippen LogP contribution >= 0.6 is 0 Å². The molecule has 6 fully saturated rings. The molecule has 0 aromatic heterocycles. The summed E-state index contributed by atoms with van der Waals surface area (Å²) in [5, 5.41) is 0. The maximum absolute atomic E-state index is 13.2. The van der Waals surface area contributed by atoms with E-state index in [4.69, 9.17) is 37.9 Å². The zero-order valence-electron chi connectivity index (χ0n) is 16.0. The predicted octanol–water partition coefficient (Wildman–Crippen LogP) is -1.56. The van der Waals surface area contributed by atoms with Crippen LogP contribution < -0.4 is 0 Å². The van der Waals surface area contributed by atoms with E-state index in [9.17, 15) is 9.59 Å². The number of hydrogen-bond acceptors (Lipinski definition) is 10. The molecule has 0 N–H and O–H groups in total. The molecule has 0 bridgehead atoms. The standard InChI is InChI=1S/C16H22N4O10/c21-15-17(5-27-9-1-23-9)13-14(19(15)7-29-11-3-25-11)20(8-30-12-4-26-12)16(22)18(13)6-28-10-2-24-10/h9-14H,1-8H2. The van der Waals surface area contributed by atoms with Crippen LogP contribution in [0.15, 0.2) is 0 Å². The lowest BCUT2D eigenvalue weighted by molar-refractivity contribution is -0.0694. The van der Waals surface area contributed by atoms with Crippen molar-refractivity contribution in [1.82, 2.24) is 19.6 Å². The van der Waals surface area contributed by atoms with E-state index in [0.717, 1.165) is 0 Å². The zero-order valence-corrected chi connectivity index (χ0v) is 16.0. The van der Waals surface area contributed by atoms with E-state index >= 15 is 0 Å². The molecule has 166 valence electrons. The zero-order chi connectivity index (χ0) is 20.2. The number of amides is 4. The summed E-state index contributed by atoms with van der Waals surface area (Å²) < 4.78 is 42.6. The summed E-state index contributed by atoms with van der Waals surface area (Å²) in [6.45, 7) is 1.78. The van der Waals surface area contributed by atoms with Crippen LogP contribution in [0, 0.1) is 0 Å². The number of ether oxygens (including phenoxy) is 8. The number of urea groups is 2. The van der Waals surface area contributed by atoms with Crippen molar-refractivity contribution in [1.29, 1.82) is 0 Å². The molecule has 4 amide bonds. The van der Waals surface area contributed by atoms with E-state index in [0.29, 0.717) is 26.4 Å². The number of epoxide rings is 4. The fourth-order valence-corrected chi connectivity index (χ4v) is 3.48. The molecule has 4 unspecified atom stereocenters. The molecule has 14 nitrogen and oxygen atoms in total.